The first-order valence-electron chi connectivity index (χ1n) is 17.4. The Bertz CT molecular complexity index is 2380. The van der Waals surface area contributed by atoms with Gasteiger partial charge in [0.1, 0.15) is 11.4 Å². The van der Waals surface area contributed by atoms with E-state index in [0.29, 0.717) is 11.4 Å². The van der Waals surface area contributed by atoms with E-state index in [1.54, 1.807) is 0 Å². The molecule has 0 radical (unpaired) electrons. The molecule has 0 unspecified atom stereocenters. The van der Waals surface area contributed by atoms with Crippen LogP contribution in [0.25, 0.3) is 61.4 Å². The zero-order valence-electron chi connectivity index (χ0n) is 30.6. The molecule has 7 aromatic rings. The molecule has 7 rings (SSSR count). The van der Waals surface area contributed by atoms with Gasteiger partial charge in [0.15, 0.2) is 5.82 Å². The zero-order valence-corrected chi connectivity index (χ0v) is 30.6. The minimum atomic E-state index is -0.269. The summed E-state index contributed by atoms with van der Waals surface area (Å²) in [7, 11) is 0. The summed E-state index contributed by atoms with van der Waals surface area (Å²) in [5.41, 5.74) is 10.4. The number of hydrogen-bond donors (Lipinski definition) is 1. The zero-order chi connectivity index (χ0) is 35.6. The highest BCUT2D eigenvalue weighted by Crippen LogP contribution is 2.42. The normalized spacial score (nSPS) is 12.6. The standard InChI is InChI=1S/C45H46N4O/c1-43(2,3)31-21-30(38-23-29(19-20-46-38)28-15-11-10-12-16-28)22-33(24-31)49-39-18-14-13-17-34(39)36-27-47-41(48-42(36)49)35-25-32(44(4,5)6)26-37(40(35)50)45(7,8)9/h10-27,50H,1-9H3. The lowest BCUT2D eigenvalue weighted by atomic mass is 9.79. The molecule has 252 valence electrons. The minimum absolute atomic E-state index is 0.122. The van der Waals surface area contributed by atoms with Crippen LogP contribution in [0.4, 0.5) is 0 Å². The fourth-order valence-electron chi connectivity index (χ4n) is 6.66. The lowest BCUT2D eigenvalue weighted by Crippen LogP contribution is -2.17. The van der Waals surface area contributed by atoms with Crippen LogP contribution in [0.5, 0.6) is 5.75 Å². The van der Waals surface area contributed by atoms with E-state index in [2.05, 4.69) is 158 Å². The lowest BCUT2D eigenvalue weighted by Gasteiger charge is -2.27. The van der Waals surface area contributed by atoms with Crippen molar-refractivity contribution >= 4 is 21.9 Å². The Labute approximate surface area is 295 Å². The Morgan fingerprint density at radius 3 is 1.96 bits per heavy atom. The molecule has 0 aliphatic carbocycles. The number of hydrogen-bond acceptors (Lipinski definition) is 4. The molecular formula is C45H46N4O. The summed E-state index contributed by atoms with van der Waals surface area (Å²) in [6, 6.07) is 34.0. The molecule has 4 aromatic carbocycles. The van der Waals surface area contributed by atoms with Gasteiger partial charge in [-0.2, -0.15) is 0 Å². The molecule has 0 aliphatic rings. The molecule has 0 bridgehead atoms. The topological polar surface area (TPSA) is 63.8 Å². The van der Waals surface area contributed by atoms with Crippen LogP contribution in [-0.4, -0.2) is 24.6 Å². The van der Waals surface area contributed by atoms with Gasteiger partial charge in [0, 0.05) is 40.0 Å². The van der Waals surface area contributed by atoms with Crippen molar-refractivity contribution in [2.75, 3.05) is 0 Å². The molecule has 5 nitrogen and oxygen atoms in total. The smallest absolute Gasteiger partial charge is 0.165 e. The van der Waals surface area contributed by atoms with Crippen LogP contribution in [-0.2, 0) is 16.2 Å². The van der Waals surface area contributed by atoms with Gasteiger partial charge in [-0.15, -0.1) is 0 Å². The summed E-state index contributed by atoms with van der Waals surface area (Å²) in [6.45, 7) is 19.7. The van der Waals surface area contributed by atoms with Gasteiger partial charge in [0.2, 0.25) is 0 Å². The van der Waals surface area contributed by atoms with Crippen molar-refractivity contribution in [3.05, 3.63) is 126 Å². The molecule has 0 fully saturated rings. The maximum Gasteiger partial charge on any atom is 0.165 e. The summed E-state index contributed by atoms with van der Waals surface area (Å²) in [5.74, 6) is 0.731. The molecule has 50 heavy (non-hydrogen) atoms. The number of fused-ring (bicyclic) bond motifs is 3. The van der Waals surface area contributed by atoms with Gasteiger partial charge in [-0.25, -0.2) is 9.97 Å². The SMILES string of the molecule is CC(C)(C)c1cc(-c2cc(-c3ccccc3)ccn2)cc(-n2c3ccccc3c3cnc(-c4cc(C(C)(C)C)cc(C(C)(C)C)c4O)nc32)c1. The highest BCUT2D eigenvalue weighted by molar-refractivity contribution is 6.08. The Morgan fingerprint density at radius 2 is 1.26 bits per heavy atom. The van der Waals surface area contributed by atoms with Crippen molar-refractivity contribution in [1.29, 1.82) is 0 Å². The molecule has 0 spiro atoms. The number of benzene rings is 4. The molecule has 3 aromatic heterocycles. The number of aromatic hydroxyl groups is 1. The maximum atomic E-state index is 11.8. The Balaban J connectivity index is 1.50. The third kappa shape index (κ3) is 6.06. The van der Waals surface area contributed by atoms with Crippen molar-refractivity contribution < 1.29 is 5.11 Å². The molecule has 0 saturated heterocycles. The first-order chi connectivity index (χ1) is 23.6. The van der Waals surface area contributed by atoms with Crippen LogP contribution in [0, 0.1) is 0 Å². The van der Waals surface area contributed by atoms with Crippen LogP contribution in [0.3, 0.4) is 0 Å². The van der Waals surface area contributed by atoms with E-state index in [-0.39, 0.29) is 22.0 Å². The number of pyridine rings is 1. The molecule has 5 heteroatoms. The third-order valence-electron chi connectivity index (χ3n) is 9.65. The first kappa shape index (κ1) is 33.2. The first-order valence-corrected chi connectivity index (χ1v) is 17.4. The monoisotopic (exact) mass is 658 g/mol. The van der Waals surface area contributed by atoms with Crippen LogP contribution in [0.15, 0.2) is 109 Å². The van der Waals surface area contributed by atoms with Gasteiger partial charge in [0.25, 0.3) is 0 Å². The lowest BCUT2D eigenvalue weighted by molar-refractivity contribution is 0.446. The molecular weight excluding hydrogens is 613 g/mol. The van der Waals surface area contributed by atoms with E-state index in [9.17, 15) is 5.11 Å². The maximum absolute atomic E-state index is 11.8. The van der Waals surface area contributed by atoms with Gasteiger partial charge >= 0.3 is 0 Å². The van der Waals surface area contributed by atoms with Crippen LogP contribution < -0.4 is 0 Å². The quantitative estimate of drug-likeness (QED) is 0.204. The Morgan fingerprint density at radius 1 is 0.580 bits per heavy atom. The van der Waals surface area contributed by atoms with Crippen LogP contribution >= 0.6 is 0 Å². The predicted octanol–water partition coefficient (Wildman–Crippen LogP) is 11.6. The van der Waals surface area contributed by atoms with E-state index >= 15 is 0 Å². The van der Waals surface area contributed by atoms with E-state index in [0.717, 1.165) is 61.1 Å². The van der Waals surface area contributed by atoms with E-state index in [1.807, 2.05) is 18.5 Å². The van der Waals surface area contributed by atoms with Crippen molar-refractivity contribution in [3.8, 4) is 45.2 Å². The van der Waals surface area contributed by atoms with Crippen molar-refractivity contribution in [1.82, 2.24) is 19.5 Å². The van der Waals surface area contributed by atoms with Gasteiger partial charge in [-0.1, -0.05) is 117 Å². The average Bonchev–Trinajstić information content (AvgIpc) is 3.41. The predicted molar refractivity (Wildman–Crippen MR) is 208 cm³/mol. The molecule has 3 heterocycles. The fraction of sp³-hybridized carbons (Fsp3) is 0.267. The number of rotatable bonds is 4. The summed E-state index contributed by atoms with van der Waals surface area (Å²) in [4.78, 5) is 15.1. The van der Waals surface area contributed by atoms with E-state index in [4.69, 9.17) is 15.0 Å². The number of phenols is 1. The molecule has 1 N–H and O–H groups in total. The molecule has 0 aliphatic heterocycles. The highest BCUT2D eigenvalue weighted by atomic mass is 16.3. The van der Waals surface area contributed by atoms with Gasteiger partial charge in [0.05, 0.1) is 16.8 Å². The highest BCUT2D eigenvalue weighted by Gasteiger charge is 2.27. The number of aromatic nitrogens is 4. The largest absolute Gasteiger partial charge is 0.507 e. The second-order valence-electron chi connectivity index (χ2n) is 16.5. The molecule has 0 saturated carbocycles. The average molecular weight is 659 g/mol. The van der Waals surface area contributed by atoms with E-state index < -0.39 is 0 Å². The van der Waals surface area contributed by atoms with Gasteiger partial charge < -0.3 is 5.11 Å². The van der Waals surface area contributed by atoms with E-state index in [1.165, 1.54) is 5.56 Å². The van der Waals surface area contributed by atoms with Gasteiger partial charge in [-0.05, 0) is 81.0 Å². The van der Waals surface area contributed by atoms with Crippen LogP contribution in [0.1, 0.15) is 79.0 Å². The summed E-state index contributed by atoms with van der Waals surface area (Å²) < 4.78 is 2.24. The van der Waals surface area contributed by atoms with Crippen LogP contribution in [0.2, 0.25) is 0 Å². The third-order valence-corrected chi connectivity index (χ3v) is 9.65. The minimum Gasteiger partial charge on any atom is -0.507 e. The van der Waals surface area contributed by atoms with Crippen molar-refractivity contribution in [2.24, 2.45) is 0 Å². The number of para-hydroxylation sites is 1. The van der Waals surface area contributed by atoms with Crippen molar-refractivity contribution in [3.63, 3.8) is 0 Å². The summed E-state index contributed by atoms with van der Waals surface area (Å²) in [6.07, 6.45) is 3.81. The number of phenolic OH excluding ortho intramolecular Hbond substituents is 1. The van der Waals surface area contributed by atoms with Crippen molar-refractivity contribution in [2.45, 2.75) is 78.6 Å². The summed E-state index contributed by atoms with van der Waals surface area (Å²) in [5, 5.41) is 13.8. The molecule has 0 amide bonds. The Hall–Kier alpha value is -5.29. The van der Waals surface area contributed by atoms with Gasteiger partial charge in [-0.3, -0.25) is 9.55 Å². The second kappa shape index (κ2) is 11.9. The second-order valence-corrected chi connectivity index (χ2v) is 16.5. The summed E-state index contributed by atoms with van der Waals surface area (Å²) >= 11 is 0. The molecule has 0 atom stereocenters. The Kier molecular flexibility index (Phi) is 7.93. The fourth-order valence-corrected chi connectivity index (χ4v) is 6.66. The number of nitrogens with zero attached hydrogens (tertiary/aromatic N) is 4.